The predicted octanol–water partition coefficient (Wildman–Crippen LogP) is 7.10. The second kappa shape index (κ2) is 8.85. The van der Waals surface area contributed by atoms with E-state index in [4.69, 9.17) is 4.74 Å². The molecule has 3 heteroatoms. The topological polar surface area (TPSA) is 46.5 Å². The van der Waals surface area contributed by atoms with E-state index in [1.807, 2.05) is 0 Å². The molecule has 3 saturated carbocycles. The maximum absolute atomic E-state index is 11.8. The minimum atomic E-state index is -0.756. The van der Waals surface area contributed by atoms with Crippen LogP contribution in [0.5, 0.6) is 0 Å². The average Bonchev–Trinajstić information content (AvgIpc) is 3.09. The number of fused-ring (bicyclic) bond motifs is 5. The summed E-state index contributed by atoms with van der Waals surface area (Å²) in [5.41, 5.74) is 1.17. The molecule has 0 aliphatic heterocycles. The van der Waals surface area contributed by atoms with E-state index < -0.39 is 5.60 Å². The van der Waals surface area contributed by atoms with Crippen LogP contribution in [0.25, 0.3) is 0 Å². The summed E-state index contributed by atoms with van der Waals surface area (Å²) >= 11 is 0. The minimum absolute atomic E-state index is 0.106. The number of allylic oxidation sites excluding steroid dienone is 3. The number of carbonyl (C=O) groups is 1. The number of aliphatic hydroxyl groups is 1. The van der Waals surface area contributed by atoms with Gasteiger partial charge in [-0.05, 0) is 85.9 Å². The summed E-state index contributed by atoms with van der Waals surface area (Å²) in [5.74, 6) is 3.59. The Labute approximate surface area is 202 Å². The Balaban J connectivity index is 1.55. The number of rotatable bonds is 5. The Bertz CT molecular complexity index is 811. The highest BCUT2D eigenvalue weighted by Gasteiger charge is 2.62. The second-order valence-electron chi connectivity index (χ2n) is 13.0. The Hall–Kier alpha value is -1.09. The molecule has 3 nitrogen and oxygen atoms in total. The minimum Gasteiger partial charge on any atom is -0.462 e. The molecule has 0 bridgehead atoms. The SMILES string of the molecule is CC(=O)O[C@@H]1CC[C@@]2(C)[C@@H]3CC[C@]4(C)[C@H](CC[C@@H]4[C@H](C)/C=C/[C@H](C)C(C)C)C3=CC[C@@]2(O)C1. The molecule has 4 aliphatic rings. The molecule has 0 aromatic carbocycles. The third-order valence-corrected chi connectivity index (χ3v) is 11.0. The molecule has 0 amide bonds. The van der Waals surface area contributed by atoms with Crippen LogP contribution in [-0.2, 0) is 9.53 Å². The number of ether oxygens (including phenoxy) is 1. The molecule has 0 heterocycles. The van der Waals surface area contributed by atoms with Gasteiger partial charge in [-0.2, -0.15) is 0 Å². The van der Waals surface area contributed by atoms with Crippen LogP contribution in [0.1, 0.15) is 99.8 Å². The van der Waals surface area contributed by atoms with Crippen molar-refractivity contribution in [1.82, 2.24) is 0 Å². The van der Waals surface area contributed by atoms with Crippen LogP contribution in [0.2, 0.25) is 0 Å². The molecular formula is C30H48O3. The maximum Gasteiger partial charge on any atom is 0.302 e. The van der Waals surface area contributed by atoms with Gasteiger partial charge in [-0.15, -0.1) is 0 Å². The molecule has 0 aromatic heterocycles. The summed E-state index contributed by atoms with van der Waals surface area (Å²) in [6.45, 7) is 15.8. The lowest BCUT2D eigenvalue weighted by atomic mass is 9.46. The van der Waals surface area contributed by atoms with Crippen molar-refractivity contribution < 1.29 is 14.6 Å². The van der Waals surface area contributed by atoms with E-state index in [9.17, 15) is 9.90 Å². The van der Waals surface area contributed by atoms with E-state index in [0.29, 0.717) is 47.8 Å². The summed E-state index contributed by atoms with van der Waals surface area (Å²) < 4.78 is 5.54. The first-order chi connectivity index (χ1) is 15.4. The smallest absolute Gasteiger partial charge is 0.302 e. The maximum atomic E-state index is 11.8. The van der Waals surface area contributed by atoms with Gasteiger partial charge < -0.3 is 9.84 Å². The van der Waals surface area contributed by atoms with Gasteiger partial charge in [0.2, 0.25) is 0 Å². The predicted molar refractivity (Wildman–Crippen MR) is 135 cm³/mol. The quantitative estimate of drug-likeness (QED) is 0.354. The van der Waals surface area contributed by atoms with Crippen LogP contribution in [0.15, 0.2) is 23.8 Å². The first-order valence-electron chi connectivity index (χ1n) is 13.7. The van der Waals surface area contributed by atoms with E-state index in [1.54, 1.807) is 5.57 Å². The summed E-state index contributed by atoms with van der Waals surface area (Å²) in [6.07, 6.45) is 15.5. The number of hydrogen-bond acceptors (Lipinski definition) is 3. The molecular weight excluding hydrogens is 408 g/mol. The van der Waals surface area contributed by atoms with Gasteiger partial charge in [-0.1, -0.05) is 65.3 Å². The molecule has 1 N–H and O–H groups in total. The lowest BCUT2D eigenvalue weighted by Gasteiger charge is -2.61. The van der Waals surface area contributed by atoms with Crippen LogP contribution in [-0.4, -0.2) is 22.8 Å². The summed E-state index contributed by atoms with van der Waals surface area (Å²) in [6, 6.07) is 0. The lowest BCUT2D eigenvalue weighted by Crippen LogP contribution is -2.60. The second-order valence-corrected chi connectivity index (χ2v) is 13.0. The highest BCUT2D eigenvalue weighted by atomic mass is 16.5. The molecule has 4 rings (SSSR count). The Kier molecular flexibility index (Phi) is 6.71. The van der Waals surface area contributed by atoms with Gasteiger partial charge >= 0.3 is 5.97 Å². The van der Waals surface area contributed by atoms with Gasteiger partial charge in [0.1, 0.15) is 6.10 Å². The van der Waals surface area contributed by atoms with Crippen molar-refractivity contribution in [1.29, 1.82) is 0 Å². The van der Waals surface area contributed by atoms with Gasteiger partial charge in [0, 0.05) is 18.8 Å². The van der Waals surface area contributed by atoms with E-state index in [-0.39, 0.29) is 17.5 Å². The van der Waals surface area contributed by atoms with Gasteiger partial charge in [0.05, 0.1) is 5.60 Å². The van der Waals surface area contributed by atoms with Gasteiger partial charge in [0.25, 0.3) is 0 Å². The van der Waals surface area contributed by atoms with Crippen molar-refractivity contribution >= 4 is 5.97 Å². The standard InChI is InChI=1S/C30H48O3/c1-19(2)20(3)8-9-21(4)25-10-11-26-24-13-17-30(32)18-23(33-22(5)31)12-16-29(30,7)27(24)14-15-28(25,26)6/h8-9,13,19-21,23,25-27,32H,10-12,14-18H2,1-7H3/b9-8+/t20-,21+,23+,25+,26+,27+,28-,29-,30+/m0/s1. The number of carbonyl (C=O) groups excluding carboxylic acids is 1. The Morgan fingerprint density at radius 1 is 1.06 bits per heavy atom. The van der Waals surface area contributed by atoms with E-state index >= 15 is 0 Å². The molecule has 0 spiro atoms. The molecule has 0 saturated heterocycles. The van der Waals surface area contributed by atoms with Gasteiger partial charge in [0.15, 0.2) is 0 Å². The fraction of sp³-hybridized carbons (Fsp3) is 0.833. The van der Waals surface area contributed by atoms with Crippen molar-refractivity contribution in [3.05, 3.63) is 23.8 Å². The lowest BCUT2D eigenvalue weighted by molar-refractivity contribution is -0.183. The van der Waals surface area contributed by atoms with Crippen LogP contribution in [0.3, 0.4) is 0 Å². The highest BCUT2D eigenvalue weighted by molar-refractivity contribution is 5.66. The first-order valence-corrected chi connectivity index (χ1v) is 13.7. The van der Waals surface area contributed by atoms with Crippen LogP contribution < -0.4 is 0 Å². The first kappa shape index (κ1) is 25.0. The van der Waals surface area contributed by atoms with Crippen LogP contribution in [0, 0.1) is 46.3 Å². The van der Waals surface area contributed by atoms with Crippen molar-refractivity contribution in [2.24, 2.45) is 46.3 Å². The van der Waals surface area contributed by atoms with Crippen LogP contribution >= 0.6 is 0 Å². The van der Waals surface area contributed by atoms with Crippen molar-refractivity contribution in [3.8, 4) is 0 Å². The van der Waals surface area contributed by atoms with E-state index in [0.717, 1.165) is 18.8 Å². The number of hydrogen-bond donors (Lipinski definition) is 1. The molecule has 0 unspecified atom stereocenters. The van der Waals surface area contributed by atoms with Gasteiger partial charge in [-0.25, -0.2) is 0 Å². The Morgan fingerprint density at radius 3 is 2.45 bits per heavy atom. The molecule has 0 aromatic rings. The number of esters is 1. The van der Waals surface area contributed by atoms with Crippen molar-refractivity contribution in [3.63, 3.8) is 0 Å². The fourth-order valence-electron chi connectivity index (χ4n) is 8.42. The fourth-order valence-corrected chi connectivity index (χ4v) is 8.42. The summed E-state index contributed by atoms with van der Waals surface area (Å²) in [7, 11) is 0. The zero-order chi connectivity index (χ0) is 24.2. The molecule has 4 aliphatic carbocycles. The van der Waals surface area contributed by atoms with Crippen molar-refractivity contribution in [2.45, 2.75) is 112 Å². The molecule has 186 valence electrons. The summed E-state index contributed by atoms with van der Waals surface area (Å²) in [5, 5.41) is 11.8. The average molecular weight is 457 g/mol. The van der Waals surface area contributed by atoms with E-state index in [2.05, 4.69) is 59.8 Å². The van der Waals surface area contributed by atoms with Crippen molar-refractivity contribution in [2.75, 3.05) is 0 Å². The monoisotopic (exact) mass is 456 g/mol. The zero-order valence-electron chi connectivity index (χ0n) is 22.2. The highest BCUT2D eigenvalue weighted by Crippen LogP contribution is 2.67. The van der Waals surface area contributed by atoms with Crippen LogP contribution in [0.4, 0.5) is 0 Å². The summed E-state index contributed by atoms with van der Waals surface area (Å²) in [4.78, 5) is 11.5. The normalized spacial score (nSPS) is 44.6. The largest absolute Gasteiger partial charge is 0.462 e. The van der Waals surface area contributed by atoms with Gasteiger partial charge in [-0.3, -0.25) is 4.79 Å². The zero-order valence-corrected chi connectivity index (χ0v) is 22.2. The van der Waals surface area contributed by atoms with E-state index in [1.165, 1.54) is 32.6 Å². The molecule has 3 fully saturated rings. The third kappa shape index (κ3) is 4.15. The molecule has 33 heavy (non-hydrogen) atoms. The molecule has 9 atom stereocenters. The molecule has 0 radical (unpaired) electrons. The third-order valence-electron chi connectivity index (χ3n) is 11.0. The Morgan fingerprint density at radius 2 is 1.79 bits per heavy atom.